The minimum Gasteiger partial charge on any atom is -0.391 e. The molecule has 2 saturated heterocycles. The lowest BCUT2D eigenvalue weighted by atomic mass is 10.0. The molecular weight excluding hydrogens is 617 g/mol. The normalized spacial score (nSPS) is 21.9. The molecule has 18 nitrogen and oxygen atoms in total. The van der Waals surface area contributed by atoms with Crippen LogP contribution in [0.4, 0.5) is 0 Å². The summed E-state index contributed by atoms with van der Waals surface area (Å²) in [6, 6.07) is -7.21. The molecule has 2 heterocycles. The smallest absolute Gasteiger partial charge is 0.391 e. The Morgan fingerprint density at radius 1 is 0.867 bits per heavy atom. The first-order chi connectivity index (χ1) is 20.8. The van der Waals surface area contributed by atoms with E-state index in [9.17, 15) is 48.2 Å². The van der Waals surface area contributed by atoms with Gasteiger partial charge in [-0.05, 0) is 51.9 Å². The van der Waals surface area contributed by atoms with E-state index in [-0.39, 0.29) is 31.8 Å². The van der Waals surface area contributed by atoms with Gasteiger partial charge < -0.3 is 52.1 Å². The van der Waals surface area contributed by atoms with Crippen LogP contribution in [0.15, 0.2) is 0 Å². The highest BCUT2D eigenvalue weighted by Gasteiger charge is 2.41. The number of phosphoric acid groups is 1. The average molecular weight is 664 g/mol. The van der Waals surface area contributed by atoms with E-state index in [1.165, 1.54) is 18.7 Å². The van der Waals surface area contributed by atoms with Crippen molar-refractivity contribution in [3.63, 3.8) is 0 Å². The average Bonchev–Trinajstić information content (AvgIpc) is 3.63. The Kier molecular flexibility index (Phi) is 13.9. The number of carbonyl (C=O) groups is 6. The maximum Gasteiger partial charge on any atom is 0.469 e. The molecule has 2 rings (SSSR count). The van der Waals surface area contributed by atoms with Crippen LogP contribution in [0.2, 0.25) is 0 Å². The molecule has 0 unspecified atom stereocenters. The van der Waals surface area contributed by atoms with E-state index in [1.807, 2.05) is 0 Å². The van der Waals surface area contributed by atoms with Crippen LogP contribution >= 0.6 is 7.82 Å². The Morgan fingerprint density at radius 2 is 1.38 bits per heavy atom. The molecule has 0 aliphatic carbocycles. The standard InChI is InChI=1S/C26H46N7O11P/c1-13(2)11-16(25(39)32-9-5-7-18(32)23(37)29-14(3)21(28)35)30-22(36)17(12-44-45(41,42)43)31-24(38)19-8-6-10-33(19)26(40)20(27)15(4)34/h13-20,34H,5-12,27H2,1-4H3,(H2,28,35)(H,29,37)(H,30,36)(H,31,38)(H2,41,42,43)/t14-,15-,16+,17+,18+,19+,20+/m1/s1. The molecule has 0 bridgehead atoms. The van der Waals surface area contributed by atoms with Crippen molar-refractivity contribution in [3.05, 3.63) is 0 Å². The van der Waals surface area contributed by atoms with Gasteiger partial charge in [0.05, 0.1) is 12.7 Å². The summed E-state index contributed by atoms with van der Waals surface area (Å²) in [6.07, 6.45) is 0.297. The van der Waals surface area contributed by atoms with E-state index < -0.39 is 92.2 Å². The third kappa shape index (κ3) is 11.0. The maximum absolute atomic E-state index is 13.7. The van der Waals surface area contributed by atoms with Crippen LogP contribution < -0.4 is 27.4 Å². The molecule has 2 fully saturated rings. The zero-order chi connectivity index (χ0) is 34.2. The van der Waals surface area contributed by atoms with E-state index >= 15 is 0 Å². The van der Waals surface area contributed by atoms with Crippen LogP contribution in [-0.4, -0.2) is 122 Å². The Labute approximate surface area is 261 Å². The number of primary amides is 1. The Hall–Kier alpha value is -3.15. The van der Waals surface area contributed by atoms with Crippen LogP contribution in [0, 0.1) is 5.92 Å². The number of hydrogen-bond acceptors (Lipinski definition) is 10. The quantitative estimate of drug-likeness (QED) is 0.0804. The fraction of sp³-hybridized carbons (Fsp3) is 0.769. The summed E-state index contributed by atoms with van der Waals surface area (Å²) in [6.45, 7) is 5.66. The lowest BCUT2D eigenvalue weighted by Gasteiger charge is -2.31. The highest BCUT2D eigenvalue weighted by Crippen LogP contribution is 2.35. The summed E-state index contributed by atoms with van der Waals surface area (Å²) in [7, 11) is -5.10. The Bertz CT molecular complexity index is 1160. The number of likely N-dealkylation sites (tertiary alicyclic amines) is 2. The summed E-state index contributed by atoms with van der Waals surface area (Å²) in [4.78, 5) is 98.4. The first-order valence-corrected chi connectivity index (χ1v) is 16.3. The first-order valence-electron chi connectivity index (χ1n) is 14.8. The van der Waals surface area contributed by atoms with Crippen molar-refractivity contribution in [2.45, 2.75) is 102 Å². The highest BCUT2D eigenvalue weighted by molar-refractivity contribution is 7.46. The second kappa shape index (κ2) is 16.4. The van der Waals surface area contributed by atoms with Crippen molar-refractivity contribution in [2.75, 3.05) is 19.7 Å². The van der Waals surface area contributed by atoms with Crippen molar-refractivity contribution < 1.29 is 52.7 Å². The van der Waals surface area contributed by atoms with Crippen LogP contribution in [0.3, 0.4) is 0 Å². The van der Waals surface area contributed by atoms with Crippen LogP contribution in [0.25, 0.3) is 0 Å². The van der Waals surface area contributed by atoms with E-state index in [4.69, 9.17) is 11.5 Å². The van der Waals surface area contributed by atoms with Crippen molar-refractivity contribution in [2.24, 2.45) is 17.4 Å². The Morgan fingerprint density at radius 3 is 1.84 bits per heavy atom. The number of rotatable bonds is 15. The van der Waals surface area contributed by atoms with Crippen molar-refractivity contribution >= 4 is 43.3 Å². The molecule has 45 heavy (non-hydrogen) atoms. The molecule has 10 N–H and O–H groups in total. The number of phosphoric ester groups is 1. The summed E-state index contributed by atoms with van der Waals surface area (Å²) in [5.74, 6) is -4.62. The number of nitrogens with two attached hydrogens (primary N) is 2. The lowest BCUT2D eigenvalue weighted by molar-refractivity contribution is -0.143. The number of nitrogens with one attached hydrogen (secondary N) is 3. The molecular formula is C26H46N7O11P. The first kappa shape index (κ1) is 38.0. The molecule has 0 aromatic heterocycles. The maximum atomic E-state index is 13.7. The zero-order valence-electron chi connectivity index (χ0n) is 25.9. The van der Waals surface area contributed by atoms with Gasteiger partial charge in [0.2, 0.25) is 35.4 Å². The highest BCUT2D eigenvalue weighted by atomic mass is 31.2. The number of nitrogens with zero attached hydrogens (tertiary/aromatic N) is 2. The van der Waals surface area contributed by atoms with Gasteiger partial charge in [-0.2, -0.15) is 0 Å². The van der Waals surface area contributed by atoms with Gasteiger partial charge in [-0.1, -0.05) is 13.8 Å². The fourth-order valence-corrected chi connectivity index (χ4v) is 5.52. The molecule has 7 atom stereocenters. The number of hydrogen-bond donors (Lipinski definition) is 8. The minimum atomic E-state index is -5.10. The van der Waals surface area contributed by atoms with Crippen LogP contribution in [0.5, 0.6) is 0 Å². The SMILES string of the molecule is CC(C)C[C@H](NC(=O)[C@H](COP(=O)(O)O)NC(=O)[C@@H]1CCCN1C(=O)[C@@H](N)[C@@H](C)O)C(=O)N1CCC[C@H]1C(=O)N[C@H](C)C(N)=O. The van der Waals surface area contributed by atoms with Crippen molar-refractivity contribution in [1.29, 1.82) is 0 Å². The predicted octanol–water partition coefficient (Wildman–Crippen LogP) is -3.21. The third-order valence-corrected chi connectivity index (χ3v) is 8.12. The zero-order valence-corrected chi connectivity index (χ0v) is 26.8. The molecule has 2 aliphatic heterocycles. The predicted molar refractivity (Wildman–Crippen MR) is 157 cm³/mol. The van der Waals surface area contributed by atoms with Gasteiger partial charge in [-0.25, -0.2) is 4.57 Å². The molecule has 0 aromatic rings. The summed E-state index contributed by atoms with van der Waals surface area (Å²) < 4.78 is 16.0. The number of aliphatic hydroxyl groups excluding tert-OH is 1. The molecule has 2 aliphatic rings. The Balaban J connectivity index is 2.26. The molecule has 0 aromatic carbocycles. The van der Waals surface area contributed by atoms with E-state index in [1.54, 1.807) is 13.8 Å². The van der Waals surface area contributed by atoms with Gasteiger partial charge in [-0.15, -0.1) is 0 Å². The third-order valence-electron chi connectivity index (χ3n) is 7.63. The van der Waals surface area contributed by atoms with Crippen molar-refractivity contribution in [3.8, 4) is 0 Å². The number of amides is 6. The number of aliphatic hydroxyl groups is 1. The molecule has 0 spiro atoms. The van der Waals surface area contributed by atoms with Gasteiger partial charge in [0, 0.05) is 13.1 Å². The molecule has 0 radical (unpaired) electrons. The van der Waals surface area contributed by atoms with Gasteiger partial charge in [-0.3, -0.25) is 33.3 Å². The summed E-state index contributed by atoms with van der Waals surface area (Å²) >= 11 is 0. The molecule has 6 amide bonds. The van der Waals surface area contributed by atoms with Gasteiger partial charge in [0.15, 0.2) is 0 Å². The van der Waals surface area contributed by atoms with Gasteiger partial charge in [0.25, 0.3) is 0 Å². The second-order valence-electron chi connectivity index (χ2n) is 11.8. The van der Waals surface area contributed by atoms with Crippen LogP contribution in [-0.2, 0) is 37.9 Å². The van der Waals surface area contributed by atoms with Crippen molar-refractivity contribution in [1.82, 2.24) is 25.8 Å². The molecule has 256 valence electrons. The van der Waals surface area contributed by atoms with E-state index in [2.05, 4.69) is 20.5 Å². The fourth-order valence-electron chi connectivity index (χ4n) is 5.17. The van der Waals surface area contributed by atoms with Gasteiger partial charge in [0.1, 0.15) is 36.3 Å². The summed E-state index contributed by atoms with van der Waals surface area (Å²) in [5, 5.41) is 17.1. The van der Waals surface area contributed by atoms with E-state index in [0.717, 1.165) is 4.90 Å². The summed E-state index contributed by atoms with van der Waals surface area (Å²) in [5.41, 5.74) is 11.0. The molecule has 19 heteroatoms. The van der Waals surface area contributed by atoms with Crippen LogP contribution in [0.1, 0.15) is 59.8 Å². The largest absolute Gasteiger partial charge is 0.469 e. The molecule has 0 saturated carbocycles. The monoisotopic (exact) mass is 663 g/mol. The lowest BCUT2D eigenvalue weighted by Crippen LogP contribution is -2.60. The topological polar surface area (TPSA) is 284 Å². The minimum absolute atomic E-state index is 0.106. The second-order valence-corrected chi connectivity index (χ2v) is 13.1. The number of carbonyl (C=O) groups excluding carboxylic acids is 6. The van der Waals surface area contributed by atoms with Gasteiger partial charge >= 0.3 is 7.82 Å². The van der Waals surface area contributed by atoms with E-state index in [0.29, 0.717) is 19.3 Å².